The van der Waals surface area contributed by atoms with Crippen molar-refractivity contribution in [2.45, 2.75) is 31.3 Å². The Morgan fingerprint density at radius 3 is 2.29 bits per heavy atom. The molecule has 2 N–H and O–H groups in total. The summed E-state index contributed by atoms with van der Waals surface area (Å²) in [4.78, 5) is 21.9. The van der Waals surface area contributed by atoms with Gasteiger partial charge < -0.3 is 19.9 Å². The van der Waals surface area contributed by atoms with Crippen LogP contribution in [-0.4, -0.2) is 71.0 Å². The van der Waals surface area contributed by atoms with E-state index in [0.29, 0.717) is 19.7 Å². The van der Waals surface area contributed by atoms with Gasteiger partial charge in [-0.05, 0) is 35.4 Å². The fourth-order valence-corrected chi connectivity index (χ4v) is 3.30. The molecule has 8 heteroatoms. The van der Waals surface area contributed by atoms with Crippen molar-refractivity contribution in [3.63, 3.8) is 0 Å². The molecule has 28 heavy (non-hydrogen) atoms. The van der Waals surface area contributed by atoms with Crippen LogP contribution in [0.15, 0.2) is 49.1 Å². The normalized spacial score (nSPS) is 21.8. The number of rotatable bonds is 9. The largest absolute Gasteiger partial charge is 0.389 e. The number of amides is 1. The lowest BCUT2D eigenvalue weighted by molar-refractivity contribution is -0.125. The van der Waals surface area contributed by atoms with Crippen LogP contribution < -0.4 is 5.32 Å². The topological polar surface area (TPSA) is 96.8 Å². The SMILES string of the molecule is COCC(=O)NC[C@H]1OC[C@@H](N(Cc2ccncc2)Cc2ccncc2)[C@@H]1O. The van der Waals surface area contributed by atoms with Gasteiger partial charge in [0.25, 0.3) is 0 Å². The molecule has 1 fully saturated rings. The molecule has 0 radical (unpaired) electrons. The minimum atomic E-state index is -0.716. The molecule has 3 rings (SSSR count). The molecule has 3 heterocycles. The molecule has 1 aliphatic rings. The quantitative estimate of drug-likeness (QED) is 0.643. The van der Waals surface area contributed by atoms with Gasteiger partial charge in [0, 0.05) is 51.5 Å². The van der Waals surface area contributed by atoms with Gasteiger partial charge >= 0.3 is 0 Å². The van der Waals surface area contributed by atoms with Crippen molar-refractivity contribution in [1.29, 1.82) is 0 Å². The number of carbonyl (C=O) groups excluding carboxylic acids is 1. The van der Waals surface area contributed by atoms with Crippen molar-refractivity contribution < 1.29 is 19.4 Å². The van der Waals surface area contributed by atoms with Crippen LogP contribution in [0.5, 0.6) is 0 Å². The number of ether oxygens (including phenoxy) is 2. The van der Waals surface area contributed by atoms with Gasteiger partial charge in [0.15, 0.2) is 0 Å². The fourth-order valence-electron chi connectivity index (χ4n) is 3.30. The van der Waals surface area contributed by atoms with Crippen molar-refractivity contribution in [3.8, 4) is 0 Å². The molecule has 0 aromatic carbocycles. The lowest BCUT2D eigenvalue weighted by Gasteiger charge is -2.31. The summed E-state index contributed by atoms with van der Waals surface area (Å²) >= 11 is 0. The predicted octanol–water partition coefficient (Wildman–Crippen LogP) is 0.370. The Balaban J connectivity index is 1.68. The van der Waals surface area contributed by atoms with Crippen molar-refractivity contribution >= 4 is 5.91 Å². The van der Waals surface area contributed by atoms with Gasteiger partial charge in [0.1, 0.15) is 12.7 Å². The summed E-state index contributed by atoms with van der Waals surface area (Å²) in [7, 11) is 1.46. The fraction of sp³-hybridized carbons (Fsp3) is 0.450. The summed E-state index contributed by atoms with van der Waals surface area (Å²) in [5.41, 5.74) is 2.21. The van der Waals surface area contributed by atoms with Gasteiger partial charge in [-0.15, -0.1) is 0 Å². The Morgan fingerprint density at radius 1 is 1.18 bits per heavy atom. The molecule has 1 aliphatic heterocycles. The first kappa shape index (κ1) is 20.3. The number of hydrogen-bond donors (Lipinski definition) is 2. The van der Waals surface area contributed by atoms with Crippen LogP contribution >= 0.6 is 0 Å². The van der Waals surface area contributed by atoms with E-state index in [4.69, 9.17) is 9.47 Å². The summed E-state index contributed by atoms with van der Waals surface area (Å²) in [5, 5.41) is 13.6. The second-order valence-electron chi connectivity index (χ2n) is 6.78. The monoisotopic (exact) mass is 386 g/mol. The highest BCUT2D eigenvalue weighted by atomic mass is 16.5. The number of nitrogens with one attached hydrogen (secondary N) is 1. The molecular formula is C20H26N4O4. The van der Waals surface area contributed by atoms with E-state index in [-0.39, 0.29) is 25.1 Å². The van der Waals surface area contributed by atoms with Gasteiger partial charge in [-0.25, -0.2) is 0 Å². The molecule has 0 bridgehead atoms. The third-order valence-corrected chi connectivity index (χ3v) is 4.77. The van der Waals surface area contributed by atoms with Crippen LogP contribution in [-0.2, 0) is 27.4 Å². The average molecular weight is 386 g/mol. The third kappa shape index (κ3) is 5.56. The summed E-state index contributed by atoms with van der Waals surface area (Å²) in [5.74, 6) is -0.229. The number of hydrogen-bond acceptors (Lipinski definition) is 7. The third-order valence-electron chi connectivity index (χ3n) is 4.77. The molecule has 2 aromatic heterocycles. The van der Waals surface area contributed by atoms with Crippen LogP contribution in [0.1, 0.15) is 11.1 Å². The molecule has 0 spiro atoms. The Bertz CT molecular complexity index is 690. The highest BCUT2D eigenvalue weighted by molar-refractivity contribution is 5.77. The Hall–Kier alpha value is -2.39. The van der Waals surface area contributed by atoms with E-state index < -0.39 is 12.2 Å². The zero-order valence-corrected chi connectivity index (χ0v) is 15.9. The first-order chi connectivity index (χ1) is 13.7. The number of nitrogens with zero attached hydrogens (tertiary/aromatic N) is 3. The molecule has 0 unspecified atom stereocenters. The van der Waals surface area contributed by atoms with E-state index in [0.717, 1.165) is 11.1 Å². The van der Waals surface area contributed by atoms with Crippen LogP contribution in [0.2, 0.25) is 0 Å². The molecule has 0 aliphatic carbocycles. The molecule has 0 saturated carbocycles. The number of aliphatic hydroxyl groups is 1. The summed E-state index contributed by atoms with van der Waals surface area (Å²) in [6.07, 6.45) is 5.87. The summed E-state index contributed by atoms with van der Waals surface area (Å²) in [6.45, 7) is 1.93. The number of aliphatic hydroxyl groups excluding tert-OH is 1. The van der Waals surface area contributed by atoms with E-state index in [2.05, 4.69) is 20.2 Å². The van der Waals surface area contributed by atoms with Gasteiger partial charge in [0.05, 0.1) is 18.8 Å². The van der Waals surface area contributed by atoms with Crippen LogP contribution in [0.25, 0.3) is 0 Å². The van der Waals surface area contributed by atoms with E-state index in [1.165, 1.54) is 7.11 Å². The highest BCUT2D eigenvalue weighted by Gasteiger charge is 2.39. The van der Waals surface area contributed by atoms with Crippen LogP contribution in [0.4, 0.5) is 0 Å². The molecular weight excluding hydrogens is 360 g/mol. The lowest BCUT2D eigenvalue weighted by atomic mass is 10.1. The Morgan fingerprint density at radius 2 is 1.75 bits per heavy atom. The number of pyridine rings is 2. The van der Waals surface area contributed by atoms with Crippen molar-refractivity contribution in [2.75, 3.05) is 26.9 Å². The Labute approximate surface area is 164 Å². The van der Waals surface area contributed by atoms with E-state index in [9.17, 15) is 9.90 Å². The summed E-state index contributed by atoms with van der Waals surface area (Å²) < 4.78 is 10.6. The van der Waals surface area contributed by atoms with Crippen molar-refractivity contribution in [3.05, 3.63) is 60.2 Å². The maximum absolute atomic E-state index is 11.6. The molecule has 1 saturated heterocycles. The van der Waals surface area contributed by atoms with Crippen LogP contribution in [0.3, 0.4) is 0 Å². The van der Waals surface area contributed by atoms with Gasteiger partial charge in [-0.2, -0.15) is 0 Å². The molecule has 1 amide bonds. The predicted molar refractivity (Wildman–Crippen MR) is 102 cm³/mol. The second-order valence-corrected chi connectivity index (χ2v) is 6.78. The standard InChI is InChI=1S/C20H26N4O4/c1-27-14-19(25)23-10-18-20(26)17(13-28-18)24(11-15-2-6-21-7-3-15)12-16-4-8-22-9-5-16/h2-9,17-18,20,26H,10-14H2,1H3,(H,23,25)/t17-,18-,20+/m1/s1. The van der Waals surface area contributed by atoms with Gasteiger partial charge in [-0.3, -0.25) is 19.7 Å². The van der Waals surface area contributed by atoms with Crippen molar-refractivity contribution in [1.82, 2.24) is 20.2 Å². The smallest absolute Gasteiger partial charge is 0.246 e. The summed E-state index contributed by atoms with van der Waals surface area (Å²) in [6, 6.07) is 7.66. The molecule has 3 atom stereocenters. The van der Waals surface area contributed by atoms with E-state index in [1.807, 2.05) is 24.3 Å². The highest BCUT2D eigenvalue weighted by Crippen LogP contribution is 2.23. The Kier molecular flexibility index (Phi) is 7.44. The maximum atomic E-state index is 11.6. The number of carbonyl (C=O) groups is 1. The van der Waals surface area contributed by atoms with E-state index >= 15 is 0 Å². The molecule has 150 valence electrons. The van der Waals surface area contributed by atoms with Gasteiger partial charge in [-0.1, -0.05) is 0 Å². The minimum absolute atomic E-state index is 0.0115. The number of methoxy groups -OCH3 is 1. The van der Waals surface area contributed by atoms with Gasteiger partial charge in [0.2, 0.25) is 5.91 Å². The minimum Gasteiger partial charge on any atom is -0.389 e. The molecule has 2 aromatic rings. The first-order valence-corrected chi connectivity index (χ1v) is 9.24. The van der Waals surface area contributed by atoms with Crippen LogP contribution in [0, 0.1) is 0 Å². The molecule has 8 nitrogen and oxygen atoms in total. The second kappa shape index (κ2) is 10.2. The van der Waals surface area contributed by atoms with Crippen molar-refractivity contribution in [2.24, 2.45) is 0 Å². The average Bonchev–Trinajstić information content (AvgIpc) is 3.08. The van der Waals surface area contributed by atoms with E-state index in [1.54, 1.807) is 24.8 Å². The number of aromatic nitrogens is 2. The first-order valence-electron chi connectivity index (χ1n) is 9.24. The maximum Gasteiger partial charge on any atom is 0.246 e. The zero-order chi connectivity index (χ0) is 19.8. The zero-order valence-electron chi connectivity index (χ0n) is 15.9. The lowest BCUT2D eigenvalue weighted by Crippen LogP contribution is -2.46.